The summed E-state index contributed by atoms with van der Waals surface area (Å²) >= 11 is 0. The summed E-state index contributed by atoms with van der Waals surface area (Å²) in [7, 11) is 0. The molecule has 0 radical (unpaired) electrons. The second-order valence-corrected chi connectivity index (χ2v) is 6.53. The summed E-state index contributed by atoms with van der Waals surface area (Å²) < 4.78 is 11.7. The Hall–Kier alpha value is -2.47. The van der Waals surface area contributed by atoms with Gasteiger partial charge in [0.05, 0.1) is 30.9 Å². The molecule has 1 saturated heterocycles. The largest absolute Gasteiger partial charge is 0.477 e. The first-order chi connectivity index (χ1) is 12.3. The highest BCUT2D eigenvalue weighted by Crippen LogP contribution is 2.35. The topological polar surface area (TPSA) is 64.6 Å². The van der Waals surface area contributed by atoms with E-state index < -0.39 is 0 Å². The molecule has 6 heteroatoms. The van der Waals surface area contributed by atoms with Gasteiger partial charge in [0.1, 0.15) is 0 Å². The number of nitrogens with zero attached hydrogens (tertiary/aromatic N) is 3. The quantitative estimate of drug-likeness (QED) is 0.854. The molecule has 2 aliphatic rings. The van der Waals surface area contributed by atoms with Crippen molar-refractivity contribution in [2.75, 3.05) is 19.8 Å². The van der Waals surface area contributed by atoms with Crippen molar-refractivity contribution in [2.24, 2.45) is 5.92 Å². The number of ether oxygens (including phenoxy) is 2. The predicted octanol–water partition coefficient (Wildman–Crippen LogP) is 2.18. The maximum absolute atomic E-state index is 12.8. The van der Waals surface area contributed by atoms with Crippen LogP contribution >= 0.6 is 0 Å². The van der Waals surface area contributed by atoms with E-state index in [1.165, 1.54) is 0 Å². The maximum Gasteiger partial charge on any atom is 0.255 e. The molecule has 3 atom stereocenters. The molecule has 4 rings (SSSR count). The zero-order valence-corrected chi connectivity index (χ0v) is 14.0. The fourth-order valence-electron chi connectivity index (χ4n) is 3.73. The highest BCUT2D eigenvalue weighted by Gasteiger charge is 2.43. The molecule has 0 aromatic carbocycles. The number of carbonyl (C=O) groups excluding carboxylic acids is 1. The van der Waals surface area contributed by atoms with Gasteiger partial charge in [-0.25, -0.2) is 4.98 Å². The minimum Gasteiger partial charge on any atom is -0.477 e. The molecule has 3 heterocycles. The van der Waals surface area contributed by atoms with Gasteiger partial charge in [0, 0.05) is 31.2 Å². The first-order valence-corrected chi connectivity index (χ1v) is 8.67. The standard InChI is InChI=1S/C19H21N3O3/c23-19(15-4-3-6-20-12-15)22-8-9-24-17-11-14(10-16(17)22)13-25-18-5-1-2-7-21-18/h1-7,12,14,16-17H,8-11,13H2/t14-,16-,17-/m1/s1. The molecule has 0 unspecified atom stereocenters. The van der Waals surface area contributed by atoms with Crippen molar-refractivity contribution < 1.29 is 14.3 Å². The first-order valence-electron chi connectivity index (χ1n) is 8.67. The lowest BCUT2D eigenvalue weighted by molar-refractivity contribution is -0.0448. The van der Waals surface area contributed by atoms with Gasteiger partial charge in [-0.3, -0.25) is 9.78 Å². The Bertz CT molecular complexity index is 710. The summed E-state index contributed by atoms with van der Waals surface area (Å²) in [4.78, 5) is 23.0. The number of hydrogen-bond donors (Lipinski definition) is 0. The van der Waals surface area contributed by atoms with Crippen LogP contribution in [0.5, 0.6) is 5.88 Å². The number of fused-ring (bicyclic) bond motifs is 1. The second kappa shape index (κ2) is 7.19. The van der Waals surface area contributed by atoms with Crippen molar-refractivity contribution in [3.8, 4) is 5.88 Å². The number of morpholine rings is 1. The fraction of sp³-hybridized carbons (Fsp3) is 0.421. The Kier molecular flexibility index (Phi) is 4.61. The number of hydrogen-bond acceptors (Lipinski definition) is 5. The molecule has 1 saturated carbocycles. The van der Waals surface area contributed by atoms with E-state index in [-0.39, 0.29) is 18.1 Å². The van der Waals surface area contributed by atoms with E-state index in [2.05, 4.69) is 9.97 Å². The molecule has 2 aromatic heterocycles. The molecule has 0 bridgehead atoms. The summed E-state index contributed by atoms with van der Waals surface area (Å²) in [5, 5.41) is 0. The van der Waals surface area contributed by atoms with Gasteiger partial charge < -0.3 is 14.4 Å². The van der Waals surface area contributed by atoms with Gasteiger partial charge in [0.25, 0.3) is 5.91 Å². The average molecular weight is 339 g/mol. The summed E-state index contributed by atoms with van der Waals surface area (Å²) in [6, 6.07) is 9.36. The van der Waals surface area contributed by atoms with Crippen LogP contribution in [-0.2, 0) is 4.74 Å². The van der Waals surface area contributed by atoms with E-state index in [0.717, 1.165) is 12.8 Å². The van der Waals surface area contributed by atoms with Gasteiger partial charge in [-0.2, -0.15) is 0 Å². The number of pyridine rings is 2. The molecule has 0 N–H and O–H groups in total. The zero-order chi connectivity index (χ0) is 17.1. The van der Waals surface area contributed by atoms with Gasteiger partial charge in [-0.1, -0.05) is 6.07 Å². The van der Waals surface area contributed by atoms with Gasteiger partial charge in [-0.15, -0.1) is 0 Å². The van der Waals surface area contributed by atoms with Crippen molar-refractivity contribution in [1.82, 2.24) is 14.9 Å². The minimum absolute atomic E-state index is 0.0395. The molecule has 1 aliphatic heterocycles. The number of aromatic nitrogens is 2. The van der Waals surface area contributed by atoms with E-state index in [1.54, 1.807) is 24.7 Å². The summed E-state index contributed by atoms with van der Waals surface area (Å²) in [5.41, 5.74) is 0.635. The van der Waals surface area contributed by atoms with E-state index in [1.807, 2.05) is 29.2 Å². The van der Waals surface area contributed by atoms with Crippen LogP contribution in [0.25, 0.3) is 0 Å². The highest BCUT2D eigenvalue weighted by atomic mass is 16.5. The molecule has 0 spiro atoms. The lowest BCUT2D eigenvalue weighted by Crippen LogP contribution is -2.51. The summed E-state index contributed by atoms with van der Waals surface area (Å²) in [5.74, 6) is 1.04. The van der Waals surface area contributed by atoms with E-state index in [4.69, 9.17) is 9.47 Å². The SMILES string of the molecule is O=C(c1cccnc1)N1CCO[C@@H]2C[C@H](COc3ccccn3)C[C@H]21. The number of rotatable bonds is 4. The van der Waals surface area contributed by atoms with Crippen LogP contribution in [-0.4, -0.2) is 52.7 Å². The van der Waals surface area contributed by atoms with Crippen molar-refractivity contribution in [3.63, 3.8) is 0 Å². The fourth-order valence-corrected chi connectivity index (χ4v) is 3.73. The van der Waals surface area contributed by atoms with Gasteiger partial charge in [0.2, 0.25) is 5.88 Å². The van der Waals surface area contributed by atoms with Gasteiger partial charge in [0.15, 0.2) is 0 Å². The Balaban J connectivity index is 1.41. The third-order valence-corrected chi connectivity index (χ3v) is 4.91. The van der Waals surface area contributed by atoms with Gasteiger partial charge >= 0.3 is 0 Å². The molecular weight excluding hydrogens is 318 g/mol. The van der Waals surface area contributed by atoms with Crippen LogP contribution < -0.4 is 4.74 Å². The predicted molar refractivity (Wildman–Crippen MR) is 91.3 cm³/mol. The Labute approximate surface area is 146 Å². The van der Waals surface area contributed by atoms with Crippen LogP contribution in [0, 0.1) is 5.92 Å². The first kappa shape index (κ1) is 16.0. The lowest BCUT2D eigenvalue weighted by Gasteiger charge is -2.37. The number of carbonyl (C=O) groups is 1. The van der Waals surface area contributed by atoms with Crippen molar-refractivity contribution in [2.45, 2.75) is 25.0 Å². The van der Waals surface area contributed by atoms with Crippen LogP contribution in [0.3, 0.4) is 0 Å². The molecule has 130 valence electrons. The molecule has 2 fully saturated rings. The highest BCUT2D eigenvalue weighted by molar-refractivity contribution is 5.94. The van der Waals surface area contributed by atoms with E-state index >= 15 is 0 Å². The van der Waals surface area contributed by atoms with Gasteiger partial charge in [-0.05, 0) is 37.0 Å². The molecule has 1 amide bonds. The van der Waals surface area contributed by atoms with E-state index in [0.29, 0.717) is 37.1 Å². The molecule has 25 heavy (non-hydrogen) atoms. The zero-order valence-electron chi connectivity index (χ0n) is 14.0. The van der Waals surface area contributed by atoms with Crippen LogP contribution in [0.15, 0.2) is 48.9 Å². The summed E-state index contributed by atoms with van der Waals surface area (Å²) in [6.07, 6.45) is 6.92. The second-order valence-electron chi connectivity index (χ2n) is 6.53. The Morgan fingerprint density at radius 3 is 3.00 bits per heavy atom. The monoisotopic (exact) mass is 339 g/mol. The summed E-state index contributed by atoms with van der Waals surface area (Å²) in [6.45, 7) is 1.81. The maximum atomic E-state index is 12.8. The Morgan fingerprint density at radius 1 is 1.24 bits per heavy atom. The van der Waals surface area contributed by atoms with Crippen molar-refractivity contribution in [3.05, 3.63) is 54.5 Å². The Morgan fingerprint density at radius 2 is 2.20 bits per heavy atom. The molecule has 6 nitrogen and oxygen atoms in total. The van der Waals surface area contributed by atoms with Crippen LogP contribution in [0.1, 0.15) is 23.2 Å². The van der Waals surface area contributed by atoms with E-state index in [9.17, 15) is 4.79 Å². The van der Waals surface area contributed by atoms with Crippen LogP contribution in [0.4, 0.5) is 0 Å². The van der Waals surface area contributed by atoms with Crippen molar-refractivity contribution >= 4 is 5.91 Å². The molecular formula is C19H21N3O3. The smallest absolute Gasteiger partial charge is 0.255 e. The third-order valence-electron chi connectivity index (χ3n) is 4.91. The van der Waals surface area contributed by atoms with Crippen molar-refractivity contribution in [1.29, 1.82) is 0 Å². The molecule has 1 aliphatic carbocycles. The normalized spacial score (nSPS) is 25.4. The third kappa shape index (κ3) is 3.49. The lowest BCUT2D eigenvalue weighted by atomic mass is 10.1. The average Bonchev–Trinajstić information content (AvgIpc) is 3.10. The minimum atomic E-state index is 0.0395. The molecule has 2 aromatic rings. The van der Waals surface area contributed by atoms with Crippen LogP contribution in [0.2, 0.25) is 0 Å². The number of amides is 1.